The monoisotopic (exact) mass is 639 g/mol. The van der Waals surface area contributed by atoms with E-state index in [2.05, 4.69) is 77.5 Å². The Morgan fingerprint density at radius 3 is 2.45 bits per heavy atom. The summed E-state index contributed by atoms with van der Waals surface area (Å²) in [7, 11) is -1.25. The second kappa shape index (κ2) is 15.3. The standard InChI is InChI=1S/C30H46BrN3O5S/c1-9-22(3)27(19-30(6,7)21-39-24(5)35)29(34(31)10-2)26-18-25(20-32-28(26)23(4)38-8)12-11-13-33-14-16-40(36,37)17-15-33/h18,20,22-23H,9-10,13-17,19,21H2,1-8H3/b29-27-/t22?,23-/m0/s1. The molecule has 0 saturated carbocycles. The van der Waals surface area contributed by atoms with Crippen LogP contribution in [0.2, 0.25) is 0 Å². The highest BCUT2D eigenvalue weighted by Crippen LogP contribution is 2.40. The van der Waals surface area contributed by atoms with Crippen LogP contribution in [0.15, 0.2) is 17.8 Å². The summed E-state index contributed by atoms with van der Waals surface area (Å²) >= 11 is 3.82. The highest BCUT2D eigenvalue weighted by Gasteiger charge is 2.29. The molecular weight excluding hydrogens is 594 g/mol. The summed E-state index contributed by atoms with van der Waals surface area (Å²) in [5.74, 6) is 6.82. The maximum atomic E-state index is 11.7. The molecule has 8 nitrogen and oxygen atoms in total. The quantitative estimate of drug-likeness (QED) is 0.174. The lowest BCUT2D eigenvalue weighted by atomic mass is 9.79. The molecular formula is C30H46BrN3O5S. The molecule has 0 aromatic carbocycles. The van der Waals surface area contributed by atoms with Crippen LogP contribution in [0, 0.1) is 23.2 Å². The van der Waals surface area contributed by atoms with E-state index in [0.29, 0.717) is 32.8 Å². The molecule has 1 unspecified atom stereocenters. The zero-order valence-corrected chi connectivity index (χ0v) is 27.7. The molecule has 0 N–H and O–H groups in total. The maximum absolute atomic E-state index is 11.7. The minimum atomic E-state index is -2.92. The summed E-state index contributed by atoms with van der Waals surface area (Å²) in [4.78, 5) is 18.5. The van der Waals surface area contributed by atoms with E-state index in [9.17, 15) is 13.2 Å². The molecule has 0 radical (unpaired) electrons. The fraction of sp³-hybridized carbons (Fsp3) is 0.667. The summed E-state index contributed by atoms with van der Waals surface area (Å²) in [6, 6.07) is 2.08. The van der Waals surface area contributed by atoms with Gasteiger partial charge in [-0.25, -0.2) is 8.42 Å². The van der Waals surface area contributed by atoms with E-state index < -0.39 is 9.84 Å². The van der Waals surface area contributed by atoms with Crippen LogP contribution in [0.3, 0.4) is 0 Å². The summed E-state index contributed by atoms with van der Waals surface area (Å²) in [6.45, 7) is 16.7. The number of ether oxygens (including phenoxy) is 2. The van der Waals surface area contributed by atoms with Crippen LogP contribution in [0.1, 0.15) is 84.2 Å². The fourth-order valence-corrected chi connectivity index (χ4v) is 6.25. The number of nitrogens with zero attached hydrogens (tertiary/aromatic N) is 3. The van der Waals surface area contributed by atoms with Gasteiger partial charge in [0.2, 0.25) is 0 Å². The van der Waals surface area contributed by atoms with Crippen LogP contribution in [0.4, 0.5) is 0 Å². The highest BCUT2D eigenvalue weighted by molar-refractivity contribution is 9.07. The molecule has 1 aromatic rings. The van der Waals surface area contributed by atoms with Gasteiger partial charge in [0.25, 0.3) is 0 Å². The van der Waals surface area contributed by atoms with Gasteiger partial charge in [-0.1, -0.05) is 39.5 Å². The van der Waals surface area contributed by atoms with Crippen LogP contribution in [-0.4, -0.2) is 79.6 Å². The first-order chi connectivity index (χ1) is 18.7. The average Bonchev–Trinajstić information content (AvgIpc) is 2.91. The number of rotatable bonds is 12. The van der Waals surface area contributed by atoms with Crippen molar-refractivity contribution in [3.05, 3.63) is 34.7 Å². The Morgan fingerprint density at radius 1 is 1.25 bits per heavy atom. The van der Waals surface area contributed by atoms with Crippen molar-refractivity contribution < 1.29 is 22.7 Å². The largest absolute Gasteiger partial charge is 0.465 e. The average molecular weight is 641 g/mol. The number of sulfone groups is 1. The smallest absolute Gasteiger partial charge is 0.302 e. The van der Waals surface area contributed by atoms with Gasteiger partial charge in [0.15, 0.2) is 9.84 Å². The fourth-order valence-electron chi connectivity index (χ4n) is 4.55. The van der Waals surface area contributed by atoms with E-state index >= 15 is 0 Å². The van der Waals surface area contributed by atoms with Gasteiger partial charge in [-0.3, -0.25) is 14.7 Å². The molecule has 1 fully saturated rings. The van der Waals surface area contributed by atoms with Gasteiger partial charge in [0.1, 0.15) is 0 Å². The topological polar surface area (TPSA) is 89.0 Å². The van der Waals surface area contributed by atoms with E-state index in [1.807, 2.05) is 6.92 Å². The third-order valence-electron chi connectivity index (χ3n) is 7.25. The van der Waals surface area contributed by atoms with E-state index in [1.165, 1.54) is 12.5 Å². The molecule has 224 valence electrons. The molecule has 1 aliphatic heterocycles. The lowest BCUT2D eigenvalue weighted by Gasteiger charge is -2.33. The van der Waals surface area contributed by atoms with Crippen molar-refractivity contribution in [3.63, 3.8) is 0 Å². The van der Waals surface area contributed by atoms with Gasteiger partial charge in [-0.15, -0.1) is 0 Å². The third-order valence-corrected chi connectivity index (χ3v) is 9.72. The zero-order chi connectivity index (χ0) is 30.1. The van der Waals surface area contributed by atoms with Crippen molar-refractivity contribution in [1.82, 2.24) is 13.8 Å². The molecule has 1 aliphatic rings. The molecule has 40 heavy (non-hydrogen) atoms. The first-order valence-corrected chi connectivity index (χ1v) is 16.5. The van der Waals surface area contributed by atoms with Crippen molar-refractivity contribution in [3.8, 4) is 11.8 Å². The number of carbonyl (C=O) groups is 1. The number of pyridine rings is 1. The molecule has 1 aromatic heterocycles. The Kier molecular flexibility index (Phi) is 13.1. The van der Waals surface area contributed by atoms with Crippen molar-refractivity contribution >= 4 is 37.7 Å². The molecule has 0 bridgehead atoms. The zero-order valence-electron chi connectivity index (χ0n) is 25.3. The summed E-state index contributed by atoms with van der Waals surface area (Å²) in [5, 5.41) is 0. The Labute approximate surface area is 250 Å². The van der Waals surface area contributed by atoms with Gasteiger partial charge < -0.3 is 13.4 Å². The van der Waals surface area contributed by atoms with Crippen LogP contribution in [0.25, 0.3) is 5.70 Å². The lowest BCUT2D eigenvalue weighted by molar-refractivity contribution is -0.143. The van der Waals surface area contributed by atoms with Gasteiger partial charge in [0, 0.05) is 72.6 Å². The molecule has 0 amide bonds. The predicted octanol–water partition coefficient (Wildman–Crippen LogP) is 5.24. The number of halogens is 1. The molecule has 2 atom stereocenters. The summed E-state index contributed by atoms with van der Waals surface area (Å²) < 4.78 is 36.7. The minimum Gasteiger partial charge on any atom is -0.465 e. The van der Waals surface area contributed by atoms with Crippen molar-refractivity contribution in [2.75, 3.05) is 51.4 Å². The van der Waals surface area contributed by atoms with Crippen LogP contribution in [-0.2, 0) is 24.1 Å². The van der Waals surface area contributed by atoms with Gasteiger partial charge in [-0.05, 0) is 44.2 Å². The second-order valence-electron chi connectivity index (χ2n) is 11.2. The molecule has 1 saturated heterocycles. The van der Waals surface area contributed by atoms with E-state index in [1.54, 1.807) is 13.3 Å². The molecule has 0 aliphatic carbocycles. The van der Waals surface area contributed by atoms with E-state index in [0.717, 1.165) is 35.4 Å². The maximum Gasteiger partial charge on any atom is 0.302 e. The third kappa shape index (κ3) is 10.2. The normalized spacial score (nSPS) is 17.7. The second-order valence-corrected chi connectivity index (χ2v) is 14.4. The lowest BCUT2D eigenvalue weighted by Crippen LogP contribution is -2.40. The number of hydrogen-bond acceptors (Lipinski definition) is 8. The highest BCUT2D eigenvalue weighted by atomic mass is 79.9. The molecule has 10 heteroatoms. The van der Waals surface area contributed by atoms with Crippen molar-refractivity contribution in [2.24, 2.45) is 11.3 Å². The van der Waals surface area contributed by atoms with Crippen LogP contribution in [0.5, 0.6) is 0 Å². The van der Waals surface area contributed by atoms with Crippen LogP contribution < -0.4 is 0 Å². The number of hydrogen-bond donors (Lipinski definition) is 0. The Balaban J connectivity index is 2.61. The number of aromatic nitrogens is 1. The predicted molar refractivity (Wildman–Crippen MR) is 164 cm³/mol. The SMILES string of the molecule is CCC(C)/C(CC(C)(C)COC(C)=O)=C(/c1cc(C#CCN2CCS(=O)(=O)CC2)cnc1[C@H](C)OC)N(Br)CC. The number of methoxy groups -OCH3 is 1. The Morgan fingerprint density at radius 2 is 1.90 bits per heavy atom. The number of allylic oxidation sites excluding steroid dienone is 1. The Bertz CT molecular complexity index is 1210. The van der Waals surface area contributed by atoms with E-state index in [-0.39, 0.29) is 34.9 Å². The van der Waals surface area contributed by atoms with Crippen molar-refractivity contribution in [2.45, 2.75) is 67.4 Å². The van der Waals surface area contributed by atoms with Gasteiger partial charge >= 0.3 is 5.97 Å². The number of esters is 1. The van der Waals surface area contributed by atoms with Crippen LogP contribution >= 0.6 is 16.1 Å². The molecule has 0 spiro atoms. The minimum absolute atomic E-state index is 0.183. The summed E-state index contributed by atoms with van der Waals surface area (Å²) in [5.41, 5.74) is 4.54. The van der Waals surface area contributed by atoms with E-state index in [4.69, 9.17) is 14.5 Å². The van der Waals surface area contributed by atoms with Gasteiger partial charge in [-0.2, -0.15) is 0 Å². The van der Waals surface area contributed by atoms with Crippen molar-refractivity contribution in [1.29, 1.82) is 0 Å². The Hall–Kier alpha value is -1.93. The first kappa shape index (κ1) is 34.3. The first-order valence-electron chi connectivity index (χ1n) is 14.0. The summed E-state index contributed by atoms with van der Waals surface area (Å²) in [6.07, 6.45) is 3.20. The number of carbonyl (C=O) groups excluding carboxylic acids is 1. The van der Waals surface area contributed by atoms with Gasteiger partial charge in [0.05, 0.1) is 42.2 Å². The molecule has 2 heterocycles. The molecule has 2 rings (SSSR count).